The molecular formula is C10H13N3O. The topological polar surface area (TPSA) is 57.9 Å². The second-order valence-electron chi connectivity index (χ2n) is 2.64. The minimum Gasteiger partial charge on any atom is -0.380 e. The smallest absolute Gasteiger partial charge is 0.163 e. The molecule has 0 fully saturated rings. The molecule has 0 aliphatic heterocycles. The first-order valence-corrected chi connectivity index (χ1v) is 4.55. The quantitative estimate of drug-likeness (QED) is 0.715. The zero-order chi connectivity index (χ0) is 10.2. The molecule has 0 spiro atoms. The van der Waals surface area contributed by atoms with Crippen LogP contribution >= 0.6 is 0 Å². The molecule has 0 bridgehead atoms. The van der Waals surface area contributed by atoms with Crippen molar-refractivity contribution in [2.45, 2.75) is 6.92 Å². The van der Waals surface area contributed by atoms with Crippen molar-refractivity contribution in [1.82, 2.24) is 4.98 Å². The number of hydrogen-bond acceptors (Lipinski definition) is 4. The molecule has 1 rings (SSSR count). The van der Waals surface area contributed by atoms with Crippen molar-refractivity contribution in [3.63, 3.8) is 0 Å². The molecule has 1 heterocycles. The first-order chi connectivity index (χ1) is 6.88. The lowest BCUT2D eigenvalue weighted by molar-refractivity contribution is 0.158. The van der Waals surface area contributed by atoms with Crippen LogP contribution < -0.4 is 5.32 Å². The van der Waals surface area contributed by atoms with E-state index in [2.05, 4.69) is 10.3 Å². The van der Waals surface area contributed by atoms with Crippen molar-refractivity contribution >= 4 is 5.69 Å². The highest BCUT2D eigenvalue weighted by molar-refractivity contribution is 5.53. The van der Waals surface area contributed by atoms with E-state index in [0.717, 1.165) is 5.69 Å². The average molecular weight is 191 g/mol. The summed E-state index contributed by atoms with van der Waals surface area (Å²) in [6.07, 6.45) is 1.60. The highest BCUT2D eigenvalue weighted by Crippen LogP contribution is 2.09. The summed E-state index contributed by atoms with van der Waals surface area (Å²) in [5.74, 6) is 0. The summed E-state index contributed by atoms with van der Waals surface area (Å²) >= 11 is 0. The van der Waals surface area contributed by atoms with Gasteiger partial charge in [0.25, 0.3) is 0 Å². The van der Waals surface area contributed by atoms with Gasteiger partial charge in [-0.05, 0) is 19.1 Å². The van der Waals surface area contributed by atoms with E-state index in [1.165, 1.54) is 0 Å². The van der Waals surface area contributed by atoms with Crippen LogP contribution in [0.4, 0.5) is 5.69 Å². The Morgan fingerprint density at radius 1 is 1.64 bits per heavy atom. The molecule has 4 heteroatoms. The van der Waals surface area contributed by atoms with Gasteiger partial charge in [-0.2, -0.15) is 5.26 Å². The number of aromatic nitrogens is 1. The maximum atomic E-state index is 8.74. The normalized spacial score (nSPS) is 9.43. The number of anilines is 1. The van der Waals surface area contributed by atoms with Gasteiger partial charge in [-0.1, -0.05) is 0 Å². The molecule has 1 aromatic rings. The van der Waals surface area contributed by atoms with Crippen molar-refractivity contribution in [3.05, 3.63) is 24.0 Å². The Labute approximate surface area is 83.5 Å². The third kappa shape index (κ3) is 3.04. The van der Waals surface area contributed by atoms with E-state index in [0.29, 0.717) is 25.5 Å². The van der Waals surface area contributed by atoms with E-state index in [1.807, 2.05) is 19.1 Å². The molecule has 0 radical (unpaired) electrons. The largest absolute Gasteiger partial charge is 0.380 e. The summed E-state index contributed by atoms with van der Waals surface area (Å²) < 4.78 is 5.16. The van der Waals surface area contributed by atoms with E-state index in [9.17, 15) is 0 Å². The van der Waals surface area contributed by atoms with Gasteiger partial charge in [-0.25, -0.2) is 4.98 Å². The number of rotatable bonds is 5. The highest BCUT2D eigenvalue weighted by Gasteiger charge is 1.99. The number of nitrogens with one attached hydrogen (secondary N) is 1. The van der Waals surface area contributed by atoms with Gasteiger partial charge >= 0.3 is 0 Å². The average Bonchev–Trinajstić information content (AvgIpc) is 2.25. The van der Waals surface area contributed by atoms with Crippen LogP contribution in [0.25, 0.3) is 0 Å². The van der Waals surface area contributed by atoms with Crippen LogP contribution in [0.15, 0.2) is 18.3 Å². The number of hydrogen-bond donors (Lipinski definition) is 1. The molecule has 0 aliphatic rings. The monoisotopic (exact) mass is 191 g/mol. The van der Waals surface area contributed by atoms with Crippen molar-refractivity contribution in [3.8, 4) is 6.07 Å². The van der Waals surface area contributed by atoms with Crippen LogP contribution in [-0.2, 0) is 4.74 Å². The number of nitriles is 1. The molecule has 0 aromatic carbocycles. The first kappa shape index (κ1) is 10.5. The lowest BCUT2D eigenvalue weighted by Crippen LogP contribution is -2.10. The predicted octanol–water partition coefficient (Wildman–Crippen LogP) is 1.40. The zero-order valence-electron chi connectivity index (χ0n) is 8.16. The summed E-state index contributed by atoms with van der Waals surface area (Å²) in [5, 5.41) is 11.8. The number of nitrogens with zero attached hydrogens (tertiary/aromatic N) is 2. The summed E-state index contributed by atoms with van der Waals surface area (Å²) in [4.78, 5) is 3.93. The zero-order valence-corrected chi connectivity index (χ0v) is 8.16. The van der Waals surface area contributed by atoms with Gasteiger partial charge in [0, 0.05) is 19.3 Å². The van der Waals surface area contributed by atoms with Gasteiger partial charge in [0.15, 0.2) is 5.69 Å². The second kappa shape index (κ2) is 5.95. The molecule has 0 saturated carbocycles. The Kier molecular flexibility index (Phi) is 4.45. The van der Waals surface area contributed by atoms with Crippen molar-refractivity contribution in [2.24, 2.45) is 0 Å². The molecule has 4 nitrogen and oxygen atoms in total. The standard InChI is InChI=1S/C10H13N3O/c1-2-14-7-6-13-9-4-3-5-12-10(9)8-11/h3-5,13H,2,6-7H2,1H3. The second-order valence-corrected chi connectivity index (χ2v) is 2.64. The van der Waals surface area contributed by atoms with Gasteiger partial charge in [-0.3, -0.25) is 0 Å². The fraction of sp³-hybridized carbons (Fsp3) is 0.400. The molecule has 14 heavy (non-hydrogen) atoms. The SMILES string of the molecule is CCOCCNc1cccnc1C#N. The van der Waals surface area contributed by atoms with Gasteiger partial charge < -0.3 is 10.1 Å². The van der Waals surface area contributed by atoms with Crippen molar-refractivity contribution in [1.29, 1.82) is 5.26 Å². The van der Waals surface area contributed by atoms with Gasteiger partial charge in [0.05, 0.1) is 12.3 Å². The number of ether oxygens (including phenoxy) is 1. The summed E-state index contributed by atoms with van der Waals surface area (Å²) in [6, 6.07) is 5.65. The van der Waals surface area contributed by atoms with Gasteiger partial charge in [-0.15, -0.1) is 0 Å². The van der Waals surface area contributed by atoms with E-state index < -0.39 is 0 Å². The molecule has 0 saturated heterocycles. The highest BCUT2D eigenvalue weighted by atomic mass is 16.5. The Balaban J connectivity index is 2.46. The molecule has 0 aliphatic carbocycles. The van der Waals surface area contributed by atoms with Crippen LogP contribution in [0.5, 0.6) is 0 Å². The molecule has 0 amide bonds. The minimum atomic E-state index is 0.420. The van der Waals surface area contributed by atoms with E-state index in [4.69, 9.17) is 10.00 Å². The Morgan fingerprint density at radius 3 is 3.21 bits per heavy atom. The summed E-state index contributed by atoms with van der Waals surface area (Å²) in [7, 11) is 0. The van der Waals surface area contributed by atoms with Crippen LogP contribution in [0.3, 0.4) is 0 Å². The van der Waals surface area contributed by atoms with E-state index in [1.54, 1.807) is 12.3 Å². The molecule has 1 N–H and O–H groups in total. The lowest BCUT2D eigenvalue weighted by atomic mass is 10.3. The third-order valence-corrected chi connectivity index (χ3v) is 1.68. The molecule has 0 unspecified atom stereocenters. The Morgan fingerprint density at radius 2 is 2.50 bits per heavy atom. The summed E-state index contributed by atoms with van der Waals surface area (Å²) in [5.41, 5.74) is 1.18. The molecule has 74 valence electrons. The van der Waals surface area contributed by atoms with E-state index >= 15 is 0 Å². The molecular weight excluding hydrogens is 178 g/mol. The van der Waals surface area contributed by atoms with E-state index in [-0.39, 0.29) is 0 Å². The Hall–Kier alpha value is -1.60. The first-order valence-electron chi connectivity index (χ1n) is 4.55. The van der Waals surface area contributed by atoms with Crippen LogP contribution in [0.2, 0.25) is 0 Å². The summed E-state index contributed by atoms with van der Waals surface area (Å²) in [6.45, 7) is 3.98. The van der Waals surface area contributed by atoms with Gasteiger partial charge in [0.2, 0.25) is 0 Å². The maximum absolute atomic E-state index is 8.74. The maximum Gasteiger partial charge on any atom is 0.163 e. The predicted molar refractivity (Wildman–Crippen MR) is 53.9 cm³/mol. The Bertz CT molecular complexity index is 319. The lowest BCUT2D eigenvalue weighted by Gasteiger charge is -2.06. The van der Waals surface area contributed by atoms with Crippen molar-refractivity contribution in [2.75, 3.05) is 25.1 Å². The fourth-order valence-corrected chi connectivity index (χ4v) is 1.04. The van der Waals surface area contributed by atoms with Crippen molar-refractivity contribution < 1.29 is 4.74 Å². The number of pyridine rings is 1. The van der Waals surface area contributed by atoms with Crippen LogP contribution in [0, 0.1) is 11.3 Å². The van der Waals surface area contributed by atoms with Crippen LogP contribution in [-0.4, -0.2) is 24.7 Å². The fourth-order valence-electron chi connectivity index (χ4n) is 1.04. The van der Waals surface area contributed by atoms with Crippen LogP contribution in [0.1, 0.15) is 12.6 Å². The van der Waals surface area contributed by atoms with Gasteiger partial charge in [0.1, 0.15) is 6.07 Å². The molecule has 1 aromatic heterocycles. The molecule has 0 atom stereocenters. The minimum absolute atomic E-state index is 0.420. The third-order valence-electron chi connectivity index (χ3n) is 1.68.